The zero-order valence-corrected chi connectivity index (χ0v) is 14.1. The Bertz CT molecular complexity index is 793. The molecule has 0 radical (unpaired) electrons. The van der Waals surface area contributed by atoms with Gasteiger partial charge in [-0.3, -0.25) is 14.9 Å². The number of carbonyl (C=O) groups excluding carboxylic acids is 1. The van der Waals surface area contributed by atoms with Gasteiger partial charge in [0.25, 0.3) is 5.88 Å². The number of hydrogen-bond donors (Lipinski definition) is 1. The number of ketones is 1. The van der Waals surface area contributed by atoms with Crippen LogP contribution in [0.2, 0.25) is 5.02 Å². The topological polar surface area (TPSA) is 95.5 Å². The summed E-state index contributed by atoms with van der Waals surface area (Å²) >= 11 is 5.91. The third-order valence-corrected chi connectivity index (χ3v) is 4.58. The van der Waals surface area contributed by atoms with E-state index in [1.807, 2.05) is 13.8 Å². The molecule has 7 heteroatoms. The first kappa shape index (κ1) is 16.5. The van der Waals surface area contributed by atoms with Gasteiger partial charge in [-0.05, 0) is 23.1 Å². The number of allylic oxidation sites excluding steroid dienone is 2. The van der Waals surface area contributed by atoms with Crippen molar-refractivity contribution in [2.75, 3.05) is 0 Å². The fraction of sp³-hybridized carbons (Fsp3) is 0.353. The third-order valence-electron chi connectivity index (χ3n) is 4.33. The fourth-order valence-electron chi connectivity index (χ4n) is 3.33. The minimum absolute atomic E-state index is 0.145. The Hall–Kier alpha value is -2.34. The van der Waals surface area contributed by atoms with Crippen LogP contribution in [-0.4, -0.2) is 10.7 Å². The van der Waals surface area contributed by atoms with Crippen LogP contribution in [0.5, 0.6) is 0 Å². The molecule has 1 unspecified atom stereocenters. The van der Waals surface area contributed by atoms with Crippen LogP contribution in [0.25, 0.3) is 0 Å². The largest absolute Gasteiger partial charge is 0.440 e. The van der Waals surface area contributed by atoms with E-state index < -0.39 is 10.8 Å². The highest BCUT2D eigenvalue weighted by Crippen LogP contribution is 2.48. The normalized spacial score (nSPS) is 23.0. The summed E-state index contributed by atoms with van der Waals surface area (Å²) in [5.74, 6) is -0.818. The molecule has 0 saturated carbocycles. The summed E-state index contributed by atoms with van der Waals surface area (Å²) in [6.07, 6.45) is 0.814. The maximum absolute atomic E-state index is 12.7. The monoisotopic (exact) mass is 348 g/mol. The molecule has 1 aromatic carbocycles. The molecule has 1 heterocycles. The van der Waals surface area contributed by atoms with Gasteiger partial charge >= 0.3 is 5.70 Å². The molecule has 0 amide bonds. The van der Waals surface area contributed by atoms with Crippen molar-refractivity contribution < 1.29 is 14.5 Å². The van der Waals surface area contributed by atoms with Gasteiger partial charge in [-0.1, -0.05) is 37.6 Å². The predicted molar refractivity (Wildman–Crippen MR) is 88.5 cm³/mol. The van der Waals surface area contributed by atoms with Crippen molar-refractivity contribution in [2.24, 2.45) is 11.1 Å². The second kappa shape index (κ2) is 5.63. The zero-order valence-electron chi connectivity index (χ0n) is 13.3. The number of hydrogen-bond acceptors (Lipinski definition) is 5. The lowest BCUT2D eigenvalue weighted by molar-refractivity contribution is -0.433. The first-order valence-corrected chi connectivity index (χ1v) is 7.91. The van der Waals surface area contributed by atoms with Crippen LogP contribution < -0.4 is 5.73 Å². The van der Waals surface area contributed by atoms with Crippen LogP contribution in [-0.2, 0) is 9.53 Å². The number of benzene rings is 1. The molecule has 2 N–H and O–H groups in total. The molecule has 0 bridgehead atoms. The summed E-state index contributed by atoms with van der Waals surface area (Å²) in [4.78, 5) is 23.7. The number of halogens is 1. The highest BCUT2D eigenvalue weighted by Gasteiger charge is 2.47. The molecule has 126 valence electrons. The summed E-state index contributed by atoms with van der Waals surface area (Å²) in [7, 11) is 0. The minimum atomic E-state index is -0.843. The maximum atomic E-state index is 12.7. The number of rotatable bonds is 2. The quantitative estimate of drug-likeness (QED) is 0.651. The lowest BCUT2D eigenvalue weighted by Gasteiger charge is -2.36. The molecule has 0 fully saturated rings. The highest BCUT2D eigenvalue weighted by atomic mass is 35.5. The molecular formula is C17H17ClN2O4. The van der Waals surface area contributed by atoms with Gasteiger partial charge in [-0.2, -0.15) is 0 Å². The molecule has 24 heavy (non-hydrogen) atoms. The van der Waals surface area contributed by atoms with Crippen LogP contribution in [0.4, 0.5) is 0 Å². The van der Waals surface area contributed by atoms with E-state index in [4.69, 9.17) is 22.1 Å². The SMILES string of the molecule is CC1(C)CC(=O)C2=C(C1)OC(N)=C([N+](=O)[O-])C2c1ccc(Cl)cc1. The van der Waals surface area contributed by atoms with Crippen molar-refractivity contribution in [3.05, 3.63) is 67.9 Å². The van der Waals surface area contributed by atoms with Gasteiger partial charge in [-0.25, -0.2) is 0 Å². The molecule has 1 atom stereocenters. The second-order valence-corrected chi connectivity index (χ2v) is 7.31. The predicted octanol–water partition coefficient (Wildman–Crippen LogP) is 3.50. The van der Waals surface area contributed by atoms with E-state index in [1.165, 1.54) is 0 Å². The molecular weight excluding hydrogens is 332 g/mol. The van der Waals surface area contributed by atoms with Gasteiger partial charge in [0.1, 0.15) is 11.7 Å². The number of nitrogens with zero attached hydrogens (tertiary/aromatic N) is 1. The Morgan fingerprint density at radius 3 is 2.50 bits per heavy atom. The van der Waals surface area contributed by atoms with Gasteiger partial charge in [0.05, 0.1) is 10.5 Å². The first-order valence-electron chi connectivity index (χ1n) is 7.53. The molecule has 1 aromatic rings. The van der Waals surface area contributed by atoms with Gasteiger partial charge in [0, 0.05) is 17.9 Å². The molecule has 1 aliphatic heterocycles. The lowest BCUT2D eigenvalue weighted by atomic mass is 9.71. The Kier molecular flexibility index (Phi) is 3.87. The summed E-state index contributed by atoms with van der Waals surface area (Å²) < 4.78 is 5.49. The molecule has 1 aliphatic carbocycles. The van der Waals surface area contributed by atoms with Crippen molar-refractivity contribution in [1.82, 2.24) is 0 Å². The Balaban J connectivity index is 2.19. The van der Waals surface area contributed by atoms with E-state index in [0.717, 1.165) is 0 Å². The number of Topliss-reactive ketones (excluding diaryl/α,β-unsaturated/α-hetero) is 1. The number of nitrogens with two attached hydrogens (primary N) is 1. The van der Waals surface area contributed by atoms with Crippen LogP contribution in [0, 0.1) is 15.5 Å². The summed E-state index contributed by atoms with van der Waals surface area (Å²) in [6, 6.07) is 6.62. The van der Waals surface area contributed by atoms with Crippen molar-refractivity contribution in [3.8, 4) is 0 Å². The molecule has 0 spiro atoms. The fourth-order valence-corrected chi connectivity index (χ4v) is 3.46. The molecule has 0 aromatic heterocycles. The van der Waals surface area contributed by atoms with E-state index in [9.17, 15) is 14.9 Å². The minimum Gasteiger partial charge on any atom is -0.440 e. The smallest absolute Gasteiger partial charge is 0.317 e. The van der Waals surface area contributed by atoms with Crippen molar-refractivity contribution in [3.63, 3.8) is 0 Å². The van der Waals surface area contributed by atoms with Crippen molar-refractivity contribution >= 4 is 17.4 Å². The Morgan fingerprint density at radius 2 is 1.92 bits per heavy atom. The molecule has 0 saturated heterocycles. The van der Waals surface area contributed by atoms with E-state index >= 15 is 0 Å². The van der Waals surface area contributed by atoms with Crippen LogP contribution in [0.1, 0.15) is 38.2 Å². The van der Waals surface area contributed by atoms with E-state index in [0.29, 0.717) is 34.8 Å². The average Bonchev–Trinajstić information content (AvgIpc) is 2.44. The lowest BCUT2D eigenvalue weighted by Crippen LogP contribution is -2.35. The van der Waals surface area contributed by atoms with Gasteiger partial charge < -0.3 is 10.5 Å². The zero-order chi connectivity index (χ0) is 17.6. The van der Waals surface area contributed by atoms with Gasteiger partial charge in [0.15, 0.2) is 5.78 Å². The number of ether oxygens (including phenoxy) is 1. The third kappa shape index (κ3) is 2.78. The van der Waals surface area contributed by atoms with E-state index in [1.54, 1.807) is 24.3 Å². The molecule has 2 aliphatic rings. The van der Waals surface area contributed by atoms with Crippen LogP contribution in [0.15, 0.2) is 47.2 Å². The molecule has 3 rings (SSSR count). The molecule has 6 nitrogen and oxygen atoms in total. The van der Waals surface area contributed by atoms with E-state index in [2.05, 4.69) is 0 Å². The summed E-state index contributed by atoms with van der Waals surface area (Å²) in [5.41, 5.74) is 6.18. The van der Waals surface area contributed by atoms with Crippen LogP contribution >= 0.6 is 11.6 Å². The second-order valence-electron chi connectivity index (χ2n) is 6.87. The van der Waals surface area contributed by atoms with Gasteiger partial charge in [-0.15, -0.1) is 0 Å². The Labute approximate surface area is 144 Å². The first-order chi connectivity index (χ1) is 11.2. The maximum Gasteiger partial charge on any atom is 0.317 e. The summed E-state index contributed by atoms with van der Waals surface area (Å²) in [5, 5.41) is 12.1. The van der Waals surface area contributed by atoms with Crippen molar-refractivity contribution in [1.29, 1.82) is 0 Å². The highest BCUT2D eigenvalue weighted by molar-refractivity contribution is 6.30. The van der Waals surface area contributed by atoms with Crippen molar-refractivity contribution in [2.45, 2.75) is 32.6 Å². The van der Waals surface area contributed by atoms with E-state index in [-0.39, 0.29) is 22.8 Å². The summed E-state index contributed by atoms with van der Waals surface area (Å²) in [6.45, 7) is 3.91. The Morgan fingerprint density at radius 1 is 1.29 bits per heavy atom. The average molecular weight is 349 g/mol. The van der Waals surface area contributed by atoms with Gasteiger partial charge in [0.2, 0.25) is 0 Å². The number of nitro groups is 1. The standard InChI is InChI=1S/C17H17ClN2O4/c1-17(2)7-11(21)14-12(8-17)24-16(19)15(20(22)23)13(14)9-3-5-10(18)6-4-9/h3-6,13H,7-8,19H2,1-2H3. The van der Waals surface area contributed by atoms with Crippen LogP contribution in [0.3, 0.4) is 0 Å². The number of carbonyl (C=O) groups is 1.